The molecule has 0 bridgehead atoms. The summed E-state index contributed by atoms with van der Waals surface area (Å²) in [5.74, 6) is 1.69. The van der Waals surface area contributed by atoms with E-state index in [0.717, 1.165) is 30.6 Å². The number of nitrogens with zero attached hydrogens (tertiary/aromatic N) is 2. The first kappa shape index (κ1) is 14.6. The van der Waals surface area contributed by atoms with Crippen LogP contribution in [0, 0.1) is 0 Å². The van der Waals surface area contributed by atoms with E-state index in [1.807, 2.05) is 18.2 Å². The summed E-state index contributed by atoms with van der Waals surface area (Å²) >= 11 is 12.5. The number of fused-ring (bicyclic) bond motifs is 1. The first-order valence-electron chi connectivity index (χ1n) is 7.11. The second-order valence-corrected chi connectivity index (χ2v) is 5.93. The Bertz CT molecular complexity index is 637. The van der Waals surface area contributed by atoms with Crippen LogP contribution in [-0.4, -0.2) is 16.6 Å². The Hall–Kier alpha value is -1.32. The minimum Gasteiger partial charge on any atom is -0.493 e. The second kappa shape index (κ2) is 6.20. The van der Waals surface area contributed by atoms with Gasteiger partial charge in [-0.3, -0.25) is 0 Å². The van der Waals surface area contributed by atoms with Gasteiger partial charge in [-0.2, -0.15) is 0 Å². The number of benzene rings is 1. The summed E-state index contributed by atoms with van der Waals surface area (Å²) in [6, 6.07) is 8.03. The van der Waals surface area contributed by atoms with Crippen LogP contribution in [0.1, 0.15) is 36.2 Å². The third kappa shape index (κ3) is 2.99. The van der Waals surface area contributed by atoms with Gasteiger partial charge in [0.25, 0.3) is 0 Å². The predicted molar refractivity (Wildman–Crippen MR) is 84.4 cm³/mol. The molecule has 1 aliphatic heterocycles. The van der Waals surface area contributed by atoms with Crippen molar-refractivity contribution in [3.05, 3.63) is 51.5 Å². The molecule has 0 radical (unpaired) electrons. The van der Waals surface area contributed by atoms with Crippen LogP contribution in [0.2, 0.25) is 10.3 Å². The van der Waals surface area contributed by atoms with Gasteiger partial charge in [0.1, 0.15) is 21.9 Å². The number of rotatable bonds is 3. The van der Waals surface area contributed by atoms with Crippen molar-refractivity contribution < 1.29 is 4.74 Å². The summed E-state index contributed by atoms with van der Waals surface area (Å²) in [6.45, 7) is 2.63. The predicted octanol–water partition coefficient (Wildman–Crippen LogP) is 4.45. The van der Waals surface area contributed by atoms with E-state index in [1.165, 1.54) is 5.56 Å². The summed E-state index contributed by atoms with van der Waals surface area (Å²) in [5, 5.41) is 0.927. The average Bonchev–Trinajstić information content (AvgIpc) is 2.50. The molecule has 21 heavy (non-hydrogen) atoms. The van der Waals surface area contributed by atoms with Gasteiger partial charge < -0.3 is 4.74 Å². The van der Waals surface area contributed by atoms with Gasteiger partial charge in [-0.1, -0.05) is 54.7 Å². The fraction of sp³-hybridized carbons (Fsp3) is 0.375. The average molecular weight is 323 g/mol. The van der Waals surface area contributed by atoms with Gasteiger partial charge in [0.2, 0.25) is 0 Å². The highest BCUT2D eigenvalue weighted by atomic mass is 35.5. The third-order valence-electron chi connectivity index (χ3n) is 3.67. The molecule has 0 saturated heterocycles. The number of hydrogen-bond donors (Lipinski definition) is 0. The van der Waals surface area contributed by atoms with Crippen molar-refractivity contribution in [1.29, 1.82) is 0 Å². The first-order valence-corrected chi connectivity index (χ1v) is 7.87. The first-order chi connectivity index (χ1) is 10.2. The van der Waals surface area contributed by atoms with Crippen LogP contribution < -0.4 is 4.74 Å². The lowest BCUT2D eigenvalue weighted by atomic mass is 9.96. The summed E-state index contributed by atoms with van der Waals surface area (Å²) in [4.78, 5) is 8.88. The monoisotopic (exact) mass is 322 g/mol. The summed E-state index contributed by atoms with van der Waals surface area (Å²) in [6.07, 6.45) is 2.60. The van der Waals surface area contributed by atoms with Gasteiger partial charge in [-0.05, 0) is 24.5 Å². The molecule has 3 nitrogen and oxygen atoms in total. The Labute approximate surface area is 134 Å². The van der Waals surface area contributed by atoms with E-state index >= 15 is 0 Å². The number of hydrogen-bond acceptors (Lipinski definition) is 3. The van der Waals surface area contributed by atoms with E-state index in [1.54, 1.807) is 0 Å². The maximum Gasteiger partial charge on any atom is 0.138 e. The molecular formula is C16H16Cl2N2O. The van der Waals surface area contributed by atoms with E-state index in [2.05, 4.69) is 23.0 Å². The van der Waals surface area contributed by atoms with Gasteiger partial charge in [-0.25, -0.2) is 9.97 Å². The van der Waals surface area contributed by atoms with Crippen molar-refractivity contribution in [2.75, 3.05) is 6.61 Å². The fourth-order valence-electron chi connectivity index (χ4n) is 2.58. The van der Waals surface area contributed by atoms with Crippen LogP contribution >= 0.6 is 23.2 Å². The zero-order valence-corrected chi connectivity index (χ0v) is 13.3. The lowest BCUT2D eigenvalue weighted by Crippen LogP contribution is -2.21. The van der Waals surface area contributed by atoms with Crippen LogP contribution in [0.4, 0.5) is 0 Å². The summed E-state index contributed by atoms with van der Waals surface area (Å²) < 4.78 is 5.78. The standard InChI is InChI=1S/C16H16Cl2N2O/c1-2-5-12-14(17)19-16(20-15(12)18)11-8-10-6-3-4-7-13(10)21-9-11/h3-4,6-7,11H,2,5,8-9H2,1H3. The van der Waals surface area contributed by atoms with E-state index < -0.39 is 0 Å². The van der Waals surface area contributed by atoms with Gasteiger partial charge in [0.05, 0.1) is 12.5 Å². The summed E-state index contributed by atoms with van der Waals surface area (Å²) in [5.41, 5.74) is 2.00. The highest BCUT2D eigenvalue weighted by Crippen LogP contribution is 2.32. The molecule has 2 heterocycles. The molecule has 1 aromatic carbocycles. The highest BCUT2D eigenvalue weighted by molar-refractivity contribution is 6.34. The molecule has 1 aliphatic rings. The number of para-hydroxylation sites is 1. The molecule has 0 fully saturated rings. The van der Waals surface area contributed by atoms with Crippen LogP contribution in [0.5, 0.6) is 5.75 Å². The molecule has 0 aliphatic carbocycles. The molecule has 1 aromatic heterocycles. The van der Waals surface area contributed by atoms with Gasteiger partial charge in [0, 0.05) is 5.56 Å². The summed E-state index contributed by atoms with van der Waals surface area (Å²) in [7, 11) is 0. The lowest BCUT2D eigenvalue weighted by molar-refractivity contribution is 0.257. The number of aromatic nitrogens is 2. The van der Waals surface area contributed by atoms with Crippen molar-refractivity contribution in [3.8, 4) is 5.75 Å². The van der Waals surface area contributed by atoms with Crippen LogP contribution in [0.25, 0.3) is 0 Å². The highest BCUT2D eigenvalue weighted by Gasteiger charge is 2.25. The molecule has 0 amide bonds. The van der Waals surface area contributed by atoms with Crippen molar-refractivity contribution in [2.45, 2.75) is 32.1 Å². The Balaban J connectivity index is 1.89. The molecule has 2 aromatic rings. The van der Waals surface area contributed by atoms with E-state index in [0.29, 0.717) is 22.7 Å². The topological polar surface area (TPSA) is 35.0 Å². The van der Waals surface area contributed by atoms with Crippen molar-refractivity contribution in [1.82, 2.24) is 9.97 Å². The van der Waals surface area contributed by atoms with Crippen molar-refractivity contribution >= 4 is 23.2 Å². The smallest absolute Gasteiger partial charge is 0.138 e. The van der Waals surface area contributed by atoms with Crippen molar-refractivity contribution in [3.63, 3.8) is 0 Å². The lowest BCUT2D eigenvalue weighted by Gasteiger charge is -2.24. The molecule has 5 heteroatoms. The van der Waals surface area contributed by atoms with Gasteiger partial charge in [0.15, 0.2) is 0 Å². The normalized spacial score (nSPS) is 17.2. The number of halogens is 2. The molecule has 0 N–H and O–H groups in total. The van der Waals surface area contributed by atoms with Gasteiger partial charge in [-0.15, -0.1) is 0 Å². The molecule has 0 spiro atoms. The molecule has 3 rings (SSSR count). The molecule has 0 saturated carbocycles. The van der Waals surface area contributed by atoms with Crippen molar-refractivity contribution in [2.24, 2.45) is 0 Å². The second-order valence-electron chi connectivity index (χ2n) is 5.21. The SMILES string of the molecule is CCCc1c(Cl)nc(C2COc3ccccc3C2)nc1Cl. The zero-order valence-electron chi connectivity index (χ0n) is 11.8. The van der Waals surface area contributed by atoms with Crippen LogP contribution in [0.15, 0.2) is 24.3 Å². The Morgan fingerprint density at radius 1 is 1.19 bits per heavy atom. The third-order valence-corrected chi connectivity index (χ3v) is 4.29. The van der Waals surface area contributed by atoms with Crippen LogP contribution in [0.3, 0.4) is 0 Å². The molecular weight excluding hydrogens is 307 g/mol. The Kier molecular flexibility index (Phi) is 4.32. The Morgan fingerprint density at radius 2 is 1.90 bits per heavy atom. The maximum atomic E-state index is 6.26. The van der Waals surface area contributed by atoms with Crippen LogP contribution in [-0.2, 0) is 12.8 Å². The minimum atomic E-state index is 0.0885. The molecule has 110 valence electrons. The zero-order chi connectivity index (χ0) is 14.8. The molecule has 1 atom stereocenters. The molecule has 1 unspecified atom stereocenters. The Morgan fingerprint density at radius 3 is 2.62 bits per heavy atom. The number of ether oxygens (including phenoxy) is 1. The van der Waals surface area contributed by atoms with E-state index in [-0.39, 0.29) is 5.92 Å². The largest absolute Gasteiger partial charge is 0.493 e. The van der Waals surface area contributed by atoms with E-state index in [9.17, 15) is 0 Å². The fourth-order valence-corrected chi connectivity index (χ4v) is 3.17. The quantitative estimate of drug-likeness (QED) is 0.783. The van der Waals surface area contributed by atoms with Gasteiger partial charge >= 0.3 is 0 Å². The van der Waals surface area contributed by atoms with E-state index in [4.69, 9.17) is 27.9 Å². The maximum absolute atomic E-state index is 6.26. The minimum absolute atomic E-state index is 0.0885.